The highest BCUT2D eigenvalue weighted by Crippen LogP contribution is 2.33. The summed E-state index contributed by atoms with van der Waals surface area (Å²) in [6, 6.07) is 0. The van der Waals surface area contributed by atoms with Crippen molar-refractivity contribution in [3.05, 3.63) is 17.1 Å². The second-order valence-electron chi connectivity index (χ2n) is 5.22. The van der Waals surface area contributed by atoms with Crippen molar-refractivity contribution in [3.8, 4) is 0 Å². The fraction of sp³-hybridized carbons (Fsp3) is 0.692. The predicted molar refractivity (Wildman–Crippen MR) is 69.0 cm³/mol. The lowest BCUT2D eigenvalue weighted by atomic mass is 9.96. The van der Waals surface area contributed by atoms with Crippen molar-refractivity contribution in [3.63, 3.8) is 0 Å². The van der Waals surface area contributed by atoms with E-state index in [2.05, 4.69) is 17.3 Å². The van der Waals surface area contributed by atoms with Crippen LogP contribution < -0.4 is 11.3 Å². The van der Waals surface area contributed by atoms with Crippen molar-refractivity contribution in [2.45, 2.75) is 57.7 Å². The summed E-state index contributed by atoms with van der Waals surface area (Å²) in [6.45, 7) is 2.10. The second kappa shape index (κ2) is 4.82. The van der Waals surface area contributed by atoms with Crippen molar-refractivity contribution in [1.82, 2.24) is 9.97 Å². The van der Waals surface area contributed by atoms with Gasteiger partial charge in [0, 0.05) is 11.3 Å². The van der Waals surface area contributed by atoms with E-state index in [-0.39, 0.29) is 6.10 Å². The largest absolute Gasteiger partial charge is 0.367 e. The summed E-state index contributed by atoms with van der Waals surface area (Å²) in [7, 11) is 0. The average Bonchev–Trinajstić information content (AvgIpc) is 2.84. The first-order chi connectivity index (χ1) is 8.78. The second-order valence-corrected chi connectivity index (χ2v) is 5.22. The maximum Gasteiger partial charge on any atom is 0.159 e. The molecule has 3 N–H and O–H groups in total. The Morgan fingerprint density at radius 1 is 1.22 bits per heavy atom. The SMILES string of the molecule is CC1CCC(c2nc3c(c(NN)n2)CCCC3)O1. The molecule has 1 aromatic rings. The monoisotopic (exact) mass is 248 g/mol. The molecule has 1 saturated heterocycles. The maximum absolute atomic E-state index is 5.84. The van der Waals surface area contributed by atoms with Crippen LogP contribution >= 0.6 is 0 Å². The third-order valence-corrected chi connectivity index (χ3v) is 3.86. The Bertz CT molecular complexity index is 432. The normalized spacial score (nSPS) is 27.0. The van der Waals surface area contributed by atoms with Crippen LogP contribution in [0.3, 0.4) is 0 Å². The van der Waals surface area contributed by atoms with Crippen molar-refractivity contribution in [2.75, 3.05) is 5.43 Å². The van der Waals surface area contributed by atoms with Crippen LogP contribution in [0.2, 0.25) is 0 Å². The molecule has 1 aliphatic heterocycles. The van der Waals surface area contributed by atoms with Gasteiger partial charge < -0.3 is 10.2 Å². The van der Waals surface area contributed by atoms with E-state index in [9.17, 15) is 0 Å². The average molecular weight is 248 g/mol. The zero-order chi connectivity index (χ0) is 12.5. The fourth-order valence-electron chi connectivity index (χ4n) is 2.87. The Balaban J connectivity index is 1.95. The molecule has 5 heteroatoms. The highest BCUT2D eigenvalue weighted by Gasteiger charge is 2.28. The first-order valence-electron chi connectivity index (χ1n) is 6.79. The van der Waals surface area contributed by atoms with Crippen LogP contribution in [0.25, 0.3) is 0 Å². The maximum atomic E-state index is 5.84. The standard InChI is InChI=1S/C13H20N4O/c1-8-6-7-11(18-8)13-15-10-5-3-2-4-9(10)12(16-13)17-14/h8,11H,2-7,14H2,1H3,(H,15,16,17). The van der Waals surface area contributed by atoms with E-state index in [1.807, 2.05) is 0 Å². The van der Waals surface area contributed by atoms with Crippen LogP contribution in [0.4, 0.5) is 5.82 Å². The quantitative estimate of drug-likeness (QED) is 0.617. The molecule has 1 fully saturated rings. The summed E-state index contributed by atoms with van der Waals surface area (Å²) in [5.41, 5.74) is 5.07. The van der Waals surface area contributed by atoms with E-state index < -0.39 is 0 Å². The molecule has 0 amide bonds. The van der Waals surface area contributed by atoms with E-state index >= 15 is 0 Å². The third-order valence-electron chi connectivity index (χ3n) is 3.86. The highest BCUT2D eigenvalue weighted by atomic mass is 16.5. The zero-order valence-corrected chi connectivity index (χ0v) is 10.8. The van der Waals surface area contributed by atoms with E-state index in [1.165, 1.54) is 18.4 Å². The van der Waals surface area contributed by atoms with E-state index in [1.54, 1.807) is 0 Å². The topological polar surface area (TPSA) is 73.1 Å². The lowest BCUT2D eigenvalue weighted by molar-refractivity contribution is 0.0502. The zero-order valence-electron chi connectivity index (χ0n) is 10.8. The van der Waals surface area contributed by atoms with Gasteiger partial charge in [-0.2, -0.15) is 0 Å². The number of nitrogen functional groups attached to an aromatic ring is 1. The molecular weight excluding hydrogens is 228 g/mol. The molecule has 2 heterocycles. The van der Waals surface area contributed by atoms with Gasteiger partial charge in [-0.15, -0.1) is 0 Å². The Hall–Kier alpha value is -1.20. The van der Waals surface area contributed by atoms with E-state index in [0.29, 0.717) is 6.10 Å². The minimum atomic E-state index is 0.0410. The van der Waals surface area contributed by atoms with Gasteiger partial charge in [0.2, 0.25) is 0 Å². The number of aromatic nitrogens is 2. The van der Waals surface area contributed by atoms with Gasteiger partial charge in [0.25, 0.3) is 0 Å². The minimum Gasteiger partial charge on any atom is -0.367 e. The molecule has 2 atom stereocenters. The van der Waals surface area contributed by atoms with Gasteiger partial charge in [0.05, 0.1) is 6.10 Å². The van der Waals surface area contributed by atoms with Crippen molar-refractivity contribution in [2.24, 2.45) is 5.84 Å². The lowest BCUT2D eigenvalue weighted by Gasteiger charge is -2.20. The summed E-state index contributed by atoms with van der Waals surface area (Å²) in [5, 5.41) is 0. The molecule has 5 nitrogen and oxygen atoms in total. The van der Waals surface area contributed by atoms with Crippen LogP contribution in [0.15, 0.2) is 0 Å². The molecule has 18 heavy (non-hydrogen) atoms. The number of hydrogen-bond donors (Lipinski definition) is 2. The van der Waals surface area contributed by atoms with Crippen molar-refractivity contribution >= 4 is 5.82 Å². The van der Waals surface area contributed by atoms with E-state index in [0.717, 1.165) is 43.0 Å². The predicted octanol–water partition coefficient (Wildman–Crippen LogP) is 1.88. The van der Waals surface area contributed by atoms with Crippen molar-refractivity contribution < 1.29 is 4.74 Å². The Kier molecular flexibility index (Phi) is 3.18. The summed E-state index contributed by atoms with van der Waals surface area (Å²) in [4.78, 5) is 9.26. The summed E-state index contributed by atoms with van der Waals surface area (Å²) < 4.78 is 5.84. The molecule has 3 rings (SSSR count). The smallest absolute Gasteiger partial charge is 0.159 e. The molecule has 1 aromatic heterocycles. The third kappa shape index (κ3) is 2.08. The number of ether oxygens (including phenoxy) is 1. The minimum absolute atomic E-state index is 0.0410. The molecule has 0 saturated carbocycles. The molecule has 0 spiro atoms. The number of anilines is 1. The number of fused-ring (bicyclic) bond motifs is 1. The fourth-order valence-corrected chi connectivity index (χ4v) is 2.87. The van der Waals surface area contributed by atoms with Crippen LogP contribution in [0, 0.1) is 0 Å². The van der Waals surface area contributed by atoms with Crippen LogP contribution in [0.1, 0.15) is 55.8 Å². The number of rotatable bonds is 2. The van der Waals surface area contributed by atoms with Gasteiger partial charge in [-0.05, 0) is 45.4 Å². The summed E-state index contributed by atoms with van der Waals surface area (Å²) >= 11 is 0. The number of hydrogen-bond acceptors (Lipinski definition) is 5. The van der Waals surface area contributed by atoms with E-state index in [4.69, 9.17) is 15.6 Å². The van der Waals surface area contributed by atoms with Gasteiger partial charge in [-0.25, -0.2) is 15.8 Å². The first-order valence-corrected chi connectivity index (χ1v) is 6.79. The number of nitrogens with one attached hydrogen (secondary N) is 1. The van der Waals surface area contributed by atoms with Crippen molar-refractivity contribution in [1.29, 1.82) is 0 Å². The molecule has 0 radical (unpaired) electrons. The highest BCUT2D eigenvalue weighted by molar-refractivity contribution is 5.47. The number of nitrogens with zero attached hydrogens (tertiary/aromatic N) is 2. The summed E-state index contributed by atoms with van der Waals surface area (Å²) in [5.74, 6) is 7.18. The number of aryl methyl sites for hydroxylation is 1. The lowest BCUT2D eigenvalue weighted by Crippen LogP contribution is -2.19. The van der Waals surface area contributed by atoms with Gasteiger partial charge >= 0.3 is 0 Å². The molecule has 0 aromatic carbocycles. The van der Waals surface area contributed by atoms with Crippen LogP contribution in [0.5, 0.6) is 0 Å². The summed E-state index contributed by atoms with van der Waals surface area (Å²) in [6.07, 6.45) is 6.89. The molecule has 2 aliphatic rings. The van der Waals surface area contributed by atoms with Gasteiger partial charge in [-0.3, -0.25) is 0 Å². The van der Waals surface area contributed by atoms with Gasteiger partial charge in [0.1, 0.15) is 11.9 Å². The van der Waals surface area contributed by atoms with Crippen LogP contribution in [-0.4, -0.2) is 16.1 Å². The first kappa shape index (κ1) is 11.9. The Labute approximate surface area is 107 Å². The Morgan fingerprint density at radius 2 is 2.06 bits per heavy atom. The van der Waals surface area contributed by atoms with Gasteiger partial charge in [-0.1, -0.05) is 0 Å². The van der Waals surface area contributed by atoms with Crippen LogP contribution in [-0.2, 0) is 17.6 Å². The molecule has 0 bridgehead atoms. The number of nitrogens with two attached hydrogens (primary N) is 1. The molecule has 1 aliphatic carbocycles. The Morgan fingerprint density at radius 3 is 2.78 bits per heavy atom. The van der Waals surface area contributed by atoms with Gasteiger partial charge in [0.15, 0.2) is 5.82 Å². The number of hydrazine groups is 1. The molecule has 2 unspecified atom stereocenters. The molecular formula is C13H20N4O. The molecule has 98 valence electrons.